The molecule has 118 valence electrons. The van der Waals surface area contributed by atoms with Gasteiger partial charge in [0.2, 0.25) is 0 Å². The molecule has 1 aromatic carbocycles. The van der Waals surface area contributed by atoms with Gasteiger partial charge in [-0.25, -0.2) is 0 Å². The van der Waals surface area contributed by atoms with E-state index in [1.807, 2.05) is 0 Å². The van der Waals surface area contributed by atoms with Crippen molar-refractivity contribution in [1.82, 2.24) is 10.2 Å². The summed E-state index contributed by atoms with van der Waals surface area (Å²) < 4.78 is 0. The highest BCUT2D eigenvalue weighted by molar-refractivity contribution is 5.30. The molecule has 2 unspecified atom stereocenters. The Kier molecular flexibility index (Phi) is 5.45. The molecule has 0 bridgehead atoms. The Hall–Kier alpha value is -0.860. The van der Waals surface area contributed by atoms with Crippen LogP contribution in [0.3, 0.4) is 0 Å². The average molecular weight is 288 g/mol. The summed E-state index contributed by atoms with van der Waals surface area (Å²) in [6.07, 6.45) is 5.40. The van der Waals surface area contributed by atoms with Gasteiger partial charge in [0, 0.05) is 18.6 Å². The third kappa shape index (κ3) is 4.08. The van der Waals surface area contributed by atoms with Gasteiger partial charge in [-0.15, -0.1) is 0 Å². The van der Waals surface area contributed by atoms with E-state index in [-0.39, 0.29) is 0 Å². The molecule has 1 aromatic rings. The van der Waals surface area contributed by atoms with E-state index in [4.69, 9.17) is 0 Å². The number of aryl methyl sites for hydroxylation is 2. The molecule has 21 heavy (non-hydrogen) atoms. The van der Waals surface area contributed by atoms with Crippen LogP contribution in [0, 0.1) is 19.8 Å². The Labute approximate surface area is 130 Å². The molecule has 1 saturated carbocycles. The van der Waals surface area contributed by atoms with E-state index in [9.17, 15) is 0 Å². The molecule has 2 heteroatoms. The van der Waals surface area contributed by atoms with Gasteiger partial charge in [0.1, 0.15) is 0 Å². The summed E-state index contributed by atoms with van der Waals surface area (Å²) in [5, 5.41) is 3.74. The van der Waals surface area contributed by atoms with Crippen LogP contribution in [0.15, 0.2) is 18.2 Å². The second-order valence-electron chi connectivity index (χ2n) is 7.35. The summed E-state index contributed by atoms with van der Waals surface area (Å²) >= 11 is 0. The molecule has 0 amide bonds. The minimum absolute atomic E-state index is 0.343. The maximum atomic E-state index is 3.74. The molecular formula is C19H32N2. The molecule has 1 aliphatic carbocycles. The first kappa shape index (κ1) is 16.5. The van der Waals surface area contributed by atoms with E-state index in [0.717, 1.165) is 19.0 Å². The Morgan fingerprint density at radius 1 is 1.29 bits per heavy atom. The second kappa shape index (κ2) is 6.93. The summed E-state index contributed by atoms with van der Waals surface area (Å²) in [6, 6.07) is 6.74. The zero-order valence-corrected chi connectivity index (χ0v) is 14.5. The maximum Gasteiger partial charge on any atom is 0.0330 e. The van der Waals surface area contributed by atoms with Crippen LogP contribution >= 0.6 is 0 Å². The van der Waals surface area contributed by atoms with E-state index in [1.165, 1.54) is 42.4 Å². The fourth-order valence-corrected chi connectivity index (χ4v) is 3.78. The van der Waals surface area contributed by atoms with E-state index >= 15 is 0 Å². The van der Waals surface area contributed by atoms with Crippen LogP contribution in [0.5, 0.6) is 0 Å². The van der Waals surface area contributed by atoms with Crippen molar-refractivity contribution >= 4 is 0 Å². The summed E-state index contributed by atoms with van der Waals surface area (Å²) in [5.74, 6) is 0.851. The molecule has 0 heterocycles. The molecule has 0 spiro atoms. The SMILES string of the molecule is Cc1ccc(C)c(CNCC2(N(C)C)CCCC(C)C2)c1. The van der Waals surface area contributed by atoms with Crippen LogP contribution in [0.25, 0.3) is 0 Å². The van der Waals surface area contributed by atoms with Crippen LogP contribution in [0.2, 0.25) is 0 Å². The first-order chi connectivity index (χ1) is 9.93. The molecule has 1 N–H and O–H groups in total. The Balaban J connectivity index is 1.98. The van der Waals surface area contributed by atoms with Gasteiger partial charge >= 0.3 is 0 Å². The third-order valence-corrected chi connectivity index (χ3v) is 5.29. The summed E-state index contributed by atoms with van der Waals surface area (Å²) in [7, 11) is 4.50. The van der Waals surface area contributed by atoms with E-state index in [1.54, 1.807) is 0 Å². The number of rotatable bonds is 5. The van der Waals surface area contributed by atoms with Crippen LogP contribution < -0.4 is 5.32 Å². The quantitative estimate of drug-likeness (QED) is 0.884. The fourth-order valence-electron chi connectivity index (χ4n) is 3.78. The lowest BCUT2D eigenvalue weighted by Crippen LogP contribution is -2.54. The first-order valence-corrected chi connectivity index (χ1v) is 8.37. The van der Waals surface area contributed by atoms with Gasteiger partial charge in [-0.2, -0.15) is 0 Å². The zero-order valence-electron chi connectivity index (χ0n) is 14.5. The smallest absolute Gasteiger partial charge is 0.0330 e. The predicted octanol–water partition coefficient (Wildman–Crippen LogP) is 3.90. The monoisotopic (exact) mass is 288 g/mol. The lowest BCUT2D eigenvalue weighted by atomic mass is 9.75. The highest BCUT2D eigenvalue weighted by Gasteiger charge is 2.36. The minimum atomic E-state index is 0.343. The average Bonchev–Trinajstić information content (AvgIpc) is 2.42. The molecule has 2 nitrogen and oxygen atoms in total. The summed E-state index contributed by atoms with van der Waals surface area (Å²) in [4.78, 5) is 2.46. The lowest BCUT2D eigenvalue weighted by molar-refractivity contribution is 0.0749. The first-order valence-electron chi connectivity index (χ1n) is 8.37. The van der Waals surface area contributed by atoms with Crippen LogP contribution in [0.4, 0.5) is 0 Å². The van der Waals surface area contributed by atoms with Gasteiger partial charge in [0.25, 0.3) is 0 Å². The second-order valence-corrected chi connectivity index (χ2v) is 7.35. The zero-order chi connectivity index (χ0) is 15.5. The third-order valence-electron chi connectivity index (χ3n) is 5.29. The van der Waals surface area contributed by atoms with Crippen molar-refractivity contribution in [3.8, 4) is 0 Å². The number of benzene rings is 1. The lowest BCUT2D eigenvalue weighted by Gasteiger charge is -2.45. The number of hydrogen-bond donors (Lipinski definition) is 1. The molecule has 1 fully saturated rings. The van der Waals surface area contributed by atoms with Gasteiger partial charge < -0.3 is 10.2 Å². The predicted molar refractivity (Wildman–Crippen MR) is 91.7 cm³/mol. The van der Waals surface area contributed by atoms with Gasteiger partial charge in [-0.3, -0.25) is 0 Å². The van der Waals surface area contributed by atoms with Crippen molar-refractivity contribution in [3.05, 3.63) is 34.9 Å². The van der Waals surface area contributed by atoms with Gasteiger partial charge in [0.05, 0.1) is 0 Å². The number of nitrogens with one attached hydrogen (secondary N) is 1. The Bertz CT molecular complexity index is 467. The van der Waals surface area contributed by atoms with Gasteiger partial charge in [-0.1, -0.05) is 43.5 Å². The fraction of sp³-hybridized carbons (Fsp3) is 0.684. The molecular weight excluding hydrogens is 256 g/mol. The van der Waals surface area contributed by atoms with Crippen molar-refractivity contribution in [3.63, 3.8) is 0 Å². The van der Waals surface area contributed by atoms with Crippen LogP contribution in [-0.2, 0) is 6.54 Å². The maximum absolute atomic E-state index is 3.74. The van der Waals surface area contributed by atoms with Gasteiger partial charge in [0.15, 0.2) is 0 Å². The molecule has 2 atom stereocenters. The molecule has 0 saturated heterocycles. The molecule has 1 aliphatic rings. The van der Waals surface area contributed by atoms with Crippen LogP contribution in [-0.4, -0.2) is 31.1 Å². The normalized spacial score (nSPS) is 26.3. The highest BCUT2D eigenvalue weighted by Crippen LogP contribution is 2.35. The van der Waals surface area contributed by atoms with E-state index < -0.39 is 0 Å². The van der Waals surface area contributed by atoms with Crippen molar-refractivity contribution in [2.45, 2.75) is 58.5 Å². The molecule has 2 rings (SSSR count). The topological polar surface area (TPSA) is 15.3 Å². The largest absolute Gasteiger partial charge is 0.311 e. The van der Waals surface area contributed by atoms with Crippen molar-refractivity contribution < 1.29 is 0 Å². The van der Waals surface area contributed by atoms with Gasteiger partial charge in [-0.05, 0) is 57.8 Å². The van der Waals surface area contributed by atoms with E-state index in [2.05, 4.69) is 63.3 Å². The minimum Gasteiger partial charge on any atom is -0.311 e. The molecule has 0 radical (unpaired) electrons. The number of nitrogens with zero attached hydrogens (tertiary/aromatic N) is 1. The molecule has 0 aliphatic heterocycles. The van der Waals surface area contributed by atoms with Crippen molar-refractivity contribution in [2.24, 2.45) is 5.92 Å². The Morgan fingerprint density at radius 3 is 2.71 bits per heavy atom. The van der Waals surface area contributed by atoms with Crippen molar-refractivity contribution in [1.29, 1.82) is 0 Å². The number of hydrogen-bond acceptors (Lipinski definition) is 2. The highest BCUT2D eigenvalue weighted by atomic mass is 15.2. The van der Waals surface area contributed by atoms with Crippen LogP contribution in [0.1, 0.15) is 49.3 Å². The summed E-state index contributed by atoms with van der Waals surface area (Å²) in [5.41, 5.74) is 4.53. The van der Waals surface area contributed by atoms with Crippen molar-refractivity contribution in [2.75, 3.05) is 20.6 Å². The molecule has 0 aromatic heterocycles. The van der Waals surface area contributed by atoms with E-state index in [0.29, 0.717) is 5.54 Å². The standard InChI is InChI=1S/C19H32N2/c1-15-8-9-17(3)18(11-15)13-20-14-19(21(4)5)10-6-7-16(2)12-19/h8-9,11,16,20H,6-7,10,12-14H2,1-5H3. The number of likely N-dealkylation sites (N-methyl/N-ethyl adjacent to an activating group) is 1. The Morgan fingerprint density at radius 2 is 2.05 bits per heavy atom. The summed E-state index contributed by atoms with van der Waals surface area (Å²) in [6.45, 7) is 8.87.